The molecule has 2 aromatic rings. The van der Waals surface area contributed by atoms with Crippen molar-refractivity contribution in [2.24, 2.45) is 0 Å². The van der Waals surface area contributed by atoms with Gasteiger partial charge < -0.3 is 5.32 Å². The van der Waals surface area contributed by atoms with E-state index in [9.17, 15) is 0 Å². The fourth-order valence-corrected chi connectivity index (χ4v) is 2.40. The van der Waals surface area contributed by atoms with Crippen LogP contribution in [0.4, 0.5) is 0 Å². The van der Waals surface area contributed by atoms with Crippen molar-refractivity contribution in [3.05, 3.63) is 28.7 Å². The van der Waals surface area contributed by atoms with Gasteiger partial charge in [0, 0.05) is 17.5 Å². The lowest BCUT2D eigenvalue weighted by molar-refractivity contribution is 0.509. The fourth-order valence-electron chi connectivity index (χ4n) is 1.56. The third-order valence-corrected chi connectivity index (χ3v) is 3.55. The number of nitrogens with zero attached hydrogens (tertiary/aromatic N) is 4. The maximum Gasteiger partial charge on any atom is 0.137 e. The fraction of sp³-hybridized carbons (Fsp3) is 0.500. The van der Waals surface area contributed by atoms with Crippen molar-refractivity contribution < 1.29 is 0 Å². The zero-order valence-corrected chi connectivity index (χ0v) is 10.2. The molecule has 0 fully saturated rings. The quantitative estimate of drug-likeness (QED) is 0.854. The molecule has 0 aliphatic rings. The summed E-state index contributed by atoms with van der Waals surface area (Å²) < 4.78 is 1.82. The van der Waals surface area contributed by atoms with E-state index in [1.807, 2.05) is 17.1 Å². The molecule has 1 unspecified atom stereocenters. The van der Waals surface area contributed by atoms with Crippen LogP contribution in [-0.2, 0) is 6.54 Å². The Balaban J connectivity index is 1.80. The zero-order chi connectivity index (χ0) is 11.4. The second-order valence-corrected chi connectivity index (χ2v) is 4.52. The van der Waals surface area contributed by atoms with Crippen molar-refractivity contribution in [1.29, 1.82) is 0 Å². The van der Waals surface area contributed by atoms with E-state index in [1.54, 1.807) is 24.0 Å². The molecule has 0 aromatic carbocycles. The molecule has 0 bridgehead atoms. The van der Waals surface area contributed by atoms with Gasteiger partial charge in [-0.3, -0.25) is 4.68 Å². The summed E-state index contributed by atoms with van der Waals surface area (Å²) in [5.74, 6) is 0. The van der Waals surface area contributed by atoms with Crippen LogP contribution in [-0.4, -0.2) is 26.3 Å². The standard InChI is InChI=1S/C10H15N5S/c1-8(10-9(2)13-7-16-10)12-3-4-15-6-11-5-14-15/h5-8,12H,3-4H2,1-2H3. The van der Waals surface area contributed by atoms with Crippen molar-refractivity contribution in [2.45, 2.75) is 26.4 Å². The lowest BCUT2D eigenvalue weighted by atomic mass is 10.2. The van der Waals surface area contributed by atoms with Crippen LogP contribution in [0.15, 0.2) is 18.2 Å². The second-order valence-electron chi connectivity index (χ2n) is 3.64. The van der Waals surface area contributed by atoms with Gasteiger partial charge in [0.25, 0.3) is 0 Å². The molecule has 0 saturated heterocycles. The molecular weight excluding hydrogens is 222 g/mol. The van der Waals surface area contributed by atoms with E-state index < -0.39 is 0 Å². The first-order valence-electron chi connectivity index (χ1n) is 5.23. The highest BCUT2D eigenvalue weighted by Crippen LogP contribution is 2.20. The van der Waals surface area contributed by atoms with Crippen molar-refractivity contribution in [2.75, 3.05) is 6.54 Å². The smallest absolute Gasteiger partial charge is 0.137 e. The first-order chi connectivity index (χ1) is 7.77. The number of aromatic nitrogens is 4. The van der Waals surface area contributed by atoms with Gasteiger partial charge in [-0.1, -0.05) is 0 Å². The lowest BCUT2D eigenvalue weighted by Gasteiger charge is -2.12. The Kier molecular flexibility index (Phi) is 3.63. The molecule has 2 heterocycles. The average Bonchev–Trinajstić information content (AvgIpc) is 2.88. The van der Waals surface area contributed by atoms with Crippen LogP contribution >= 0.6 is 11.3 Å². The number of nitrogens with one attached hydrogen (secondary N) is 1. The predicted octanol–water partition coefficient (Wildman–Crippen LogP) is 1.39. The summed E-state index contributed by atoms with van der Waals surface area (Å²) in [7, 11) is 0. The monoisotopic (exact) mass is 237 g/mol. The minimum absolute atomic E-state index is 0.344. The molecule has 0 spiro atoms. The van der Waals surface area contributed by atoms with E-state index in [0.29, 0.717) is 6.04 Å². The van der Waals surface area contributed by atoms with Crippen molar-refractivity contribution in [1.82, 2.24) is 25.1 Å². The molecule has 0 radical (unpaired) electrons. The van der Waals surface area contributed by atoms with Crippen molar-refractivity contribution in [3.63, 3.8) is 0 Å². The second kappa shape index (κ2) is 5.18. The predicted molar refractivity (Wildman–Crippen MR) is 63.3 cm³/mol. The van der Waals surface area contributed by atoms with Gasteiger partial charge in [0.2, 0.25) is 0 Å². The largest absolute Gasteiger partial charge is 0.308 e. The summed E-state index contributed by atoms with van der Waals surface area (Å²) in [6, 6.07) is 0.344. The van der Waals surface area contributed by atoms with Gasteiger partial charge in [0.05, 0.1) is 17.7 Å². The highest BCUT2D eigenvalue weighted by molar-refractivity contribution is 7.09. The zero-order valence-electron chi connectivity index (χ0n) is 9.42. The van der Waals surface area contributed by atoms with E-state index in [2.05, 4.69) is 27.3 Å². The number of aryl methyl sites for hydroxylation is 1. The van der Waals surface area contributed by atoms with Gasteiger partial charge in [0.15, 0.2) is 0 Å². The Morgan fingerprint density at radius 2 is 2.44 bits per heavy atom. The summed E-state index contributed by atoms with van der Waals surface area (Å²) in [6.45, 7) is 5.91. The molecule has 0 aliphatic carbocycles. The Morgan fingerprint density at radius 3 is 3.06 bits per heavy atom. The topological polar surface area (TPSA) is 55.6 Å². The van der Waals surface area contributed by atoms with E-state index in [-0.39, 0.29) is 0 Å². The van der Waals surface area contributed by atoms with Gasteiger partial charge >= 0.3 is 0 Å². The molecule has 2 rings (SSSR count). The number of thiazole rings is 1. The molecule has 1 atom stereocenters. The maximum absolute atomic E-state index is 4.25. The van der Waals surface area contributed by atoms with E-state index in [0.717, 1.165) is 18.8 Å². The molecule has 2 aromatic heterocycles. The molecule has 86 valence electrons. The molecule has 5 nitrogen and oxygen atoms in total. The van der Waals surface area contributed by atoms with E-state index >= 15 is 0 Å². The SMILES string of the molecule is Cc1ncsc1C(C)NCCn1cncn1. The van der Waals surface area contributed by atoms with Gasteiger partial charge in [-0.05, 0) is 13.8 Å². The number of hydrogen-bond donors (Lipinski definition) is 1. The third kappa shape index (κ3) is 2.65. The minimum atomic E-state index is 0.344. The van der Waals surface area contributed by atoms with Crippen LogP contribution in [0, 0.1) is 6.92 Å². The van der Waals surface area contributed by atoms with Crippen LogP contribution in [0.3, 0.4) is 0 Å². The number of hydrogen-bond acceptors (Lipinski definition) is 5. The summed E-state index contributed by atoms with van der Waals surface area (Å²) >= 11 is 1.70. The number of rotatable bonds is 5. The molecule has 1 N–H and O–H groups in total. The van der Waals surface area contributed by atoms with Gasteiger partial charge in [0.1, 0.15) is 12.7 Å². The van der Waals surface area contributed by atoms with Crippen LogP contribution in [0.5, 0.6) is 0 Å². The van der Waals surface area contributed by atoms with Crippen LogP contribution < -0.4 is 5.32 Å². The maximum atomic E-state index is 4.25. The highest BCUT2D eigenvalue weighted by atomic mass is 32.1. The Hall–Kier alpha value is -1.27. The summed E-state index contributed by atoms with van der Waals surface area (Å²) in [5, 5.41) is 7.50. The van der Waals surface area contributed by atoms with E-state index in [4.69, 9.17) is 0 Å². The summed E-state index contributed by atoms with van der Waals surface area (Å²) in [6.07, 6.45) is 3.28. The highest BCUT2D eigenvalue weighted by Gasteiger charge is 2.09. The lowest BCUT2D eigenvalue weighted by Crippen LogP contribution is -2.23. The van der Waals surface area contributed by atoms with Crippen molar-refractivity contribution >= 4 is 11.3 Å². The van der Waals surface area contributed by atoms with Crippen LogP contribution in [0.1, 0.15) is 23.5 Å². The Labute approximate surface area is 98.5 Å². The average molecular weight is 237 g/mol. The summed E-state index contributed by atoms with van der Waals surface area (Å²) in [5.41, 5.74) is 3.01. The Morgan fingerprint density at radius 1 is 1.56 bits per heavy atom. The molecule has 16 heavy (non-hydrogen) atoms. The van der Waals surface area contributed by atoms with Gasteiger partial charge in [-0.15, -0.1) is 11.3 Å². The normalized spacial score (nSPS) is 12.9. The molecular formula is C10H15N5S. The van der Waals surface area contributed by atoms with Crippen molar-refractivity contribution in [3.8, 4) is 0 Å². The molecule has 0 amide bonds. The van der Waals surface area contributed by atoms with Crippen LogP contribution in [0.25, 0.3) is 0 Å². The van der Waals surface area contributed by atoms with Gasteiger partial charge in [-0.2, -0.15) is 5.10 Å². The third-order valence-electron chi connectivity index (χ3n) is 2.43. The van der Waals surface area contributed by atoms with Gasteiger partial charge in [-0.25, -0.2) is 9.97 Å². The van der Waals surface area contributed by atoms with E-state index in [1.165, 1.54) is 4.88 Å². The molecule has 6 heteroatoms. The van der Waals surface area contributed by atoms with Crippen LogP contribution in [0.2, 0.25) is 0 Å². The summed E-state index contributed by atoms with van der Waals surface area (Å²) in [4.78, 5) is 9.45. The molecule has 0 saturated carbocycles. The Bertz CT molecular complexity index is 422. The molecule has 0 aliphatic heterocycles. The minimum Gasteiger partial charge on any atom is -0.308 e. The first-order valence-corrected chi connectivity index (χ1v) is 6.11. The first kappa shape index (κ1) is 11.2.